The average molecular weight is 287 g/mol. The van der Waals surface area contributed by atoms with Crippen molar-refractivity contribution in [2.24, 2.45) is 0 Å². The first-order valence-electron chi connectivity index (χ1n) is 5.78. The summed E-state index contributed by atoms with van der Waals surface area (Å²) >= 11 is 0. The number of hydrogen-bond donors (Lipinski definition) is 3. The molecule has 1 rings (SSSR count). The highest BCUT2D eigenvalue weighted by atomic mass is 32.2. The van der Waals surface area contributed by atoms with Crippen molar-refractivity contribution in [2.45, 2.75) is 17.4 Å². The van der Waals surface area contributed by atoms with E-state index >= 15 is 0 Å². The molecule has 0 heterocycles. The van der Waals surface area contributed by atoms with E-state index < -0.39 is 35.0 Å². The number of carbonyl (C=O) groups is 1. The number of carbonyl (C=O) groups excluding carboxylic acids is 1. The maximum absolute atomic E-state index is 11.9. The Morgan fingerprint density at radius 1 is 1.16 bits per heavy atom. The van der Waals surface area contributed by atoms with Gasteiger partial charge in [-0.15, -0.1) is 0 Å². The van der Waals surface area contributed by atoms with E-state index in [9.17, 15) is 13.2 Å². The van der Waals surface area contributed by atoms with Crippen LogP contribution in [0.1, 0.15) is 6.42 Å². The zero-order chi connectivity index (χ0) is 14.3. The van der Waals surface area contributed by atoms with Crippen LogP contribution in [0, 0.1) is 0 Å². The molecule has 19 heavy (non-hydrogen) atoms. The first-order valence-corrected chi connectivity index (χ1v) is 7.43. The lowest BCUT2D eigenvalue weighted by Gasteiger charge is -2.13. The number of nitrogens with one attached hydrogen (secondary N) is 1. The minimum absolute atomic E-state index is 0.170. The van der Waals surface area contributed by atoms with Crippen LogP contribution in [0.25, 0.3) is 0 Å². The Balaban J connectivity index is 2.55. The van der Waals surface area contributed by atoms with E-state index in [4.69, 9.17) is 10.2 Å². The summed E-state index contributed by atoms with van der Waals surface area (Å²) in [6.07, 6.45) is -0.215. The van der Waals surface area contributed by atoms with Crippen LogP contribution in [0.4, 0.5) is 0 Å². The fourth-order valence-corrected chi connectivity index (χ4v) is 2.68. The average Bonchev–Trinajstić information content (AvgIpc) is 2.43. The number of aliphatic hydroxyl groups is 2. The van der Waals surface area contributed by atoms with Crippen molar-refractivity contribution in [1.82, 2.24) is 5.32 Å². The molecule has 0 aromatic heterocycles. The Hall–Kier alpha value is -1.44. The van der Waals surface area contributed by atoms with E-state index in [1.807, 2.05) is 0 Å². The van der Waals surface area contributed by atoms with Crippen LogP contribution < -0.4 is 5.32 Å². The zero-order valence-electron chi connectivity index (χ0n) is 10.3. The Morgan fingerprint density at radius 2 is 1.74 bits per heavy atom. The second-order valence-electron chi connectivity index (χ2n) is 4.01. The van der Waals surface area contributed by atoms with E-state index in [-0.39, 0.29) is 17.1 Å². The van der Waals surface area contributed by atoms with Crippen LogP contribution in [0.15, 0.2) is 35.2 Å². The largest absolute Gasteiger partial charge is 0.394 e. The summed E-state index contributed by atoms with van der Waals surface area (Å²) in [4.78, 5) is 11.6. The Labute approximate surface area is 112 Å². The Morgan fingerprint density at radius 3 is 2.26 bits per heavy atom. The Kier molecular flexibility index (Phi) is 5.94. The van der Waals surface area contributed by atoms with Gasteiger partial charge >= 0.3 is 0 Å². The van der Waals surface area contributed by atoms with Crippen molar-refractivity contribution in [3.8, 4) is 0 Å². The highest BCUT2D eigenvalue weighted by Gasteiger charge is 2.17. The molecule has 0 saturated carbocycles. The maximum Gasteiger partial charge on any atom is 0.221 e. The van der Waals surface area contributed by atoms with E-state index in [0.29, 0.717) is 0 Å². The molecule has 6 nitrogen and oxygen atoms in total. The first-order chi connectivity index (χ1) is 8.99. The summed E-state index contributed by atoms with van der Waals surface area (Å²) in [6, 6.07) is 7.11. The van der Waals surface area contributed by atoms with Gasteiger partial charge in [-0.1, -0.05) is 18.2 Å². The summed E-state index contributed by atoms with van der Waals surface area (Å²) < 4.78 is 23.8. The van der Waals surface area contributed by atoms with Gasteiger partial charge in [0.2, 0.25) is 5.91 Å². The standard InChI is InChI=1S/C12H17NO5S/c14-8-10(9-15)13-12(16)6-7-19(17,18)11-4-2-1-3-5-11/h1-5,10,14-15H,6-9H2,(H,13,16). The van der Waals surface area contributed by atoms with Crippen molar-refractivity contribution in [3.05, 3.63) is 30.3 Å². The molecule has 1 amide bonds. The molecule has 0 aliphatic rings. The number of hydrogen-bond acceptors (Lipinski definition) is 5. The SMILES string of the molecule is O=C(CCS(=O)(=O)c1ccccc1)NC(CO)CO. The van der Waals surface area contributed by atoms with Crippen LogP contribution in [-0.4, -0.2) is 49.5 Å². The van der Waals surface area contributed by atoms with Gasteiger partial charge in [-0.2, -0.15) is 0 Å². The van der Waals surface area contributed by atoms with Gasteiger partial charge in [0.1, 0.15) is 0 Å². The molecule has 0 saturated heterocycles. The normalized spacial score (nSPS) is 11.5. The van der Waals surface area contributed by atoms with Gasteiger partial charge in [0.15, 0.2) is 9.84 Å². The van der Waals surface area contributed by atoms with Crippen LogP contribution in [0.3, 0.4) is 0 Å². The predicted molar refractivity (Wildman–Crippen MR) is 69.2 cm³/mol. The van der Waals surface area contributed by atoms with E-state index in [1.54, 1.807) is 18.2 Å². The minimum Gasteiger partial charge on any atom is -0.394 e. The lowest BCUT2D eigenvalue weighted by molar-refractivity contribution is -0.122. The van der Waals surface area contributed by atoms with Crippen molar-refractivity contribution < 1.29 is 23.4 Å². The number of rotatable bonds is 7. The first kappa shape index (κ1) is 15.6. The number of aliphatic hydroxyl groups excluding tert-OH is 2. The molecule has 1 aromatic rings. The summed E-state index contributed by atoms with van der Waals surface area (Å²) in [5.41, 5.74) is 0. The summed E-state index contributed by atoms with van der Waals surface area (Å²) in [7, 11) is -3.49. The molecule has 7 heteroatoms. The minimum atomic E-state index is -3.49. The molecule has 0 bridgehead atoms. The second kappa shape index (κ2) is 7.22. The van der Waals surface area contributed by atoms with Crippen molar-refractivity contribution in [1.29, 1.82) is 0 Å². The molecule has 0 radical (unpaired) electrons. The summed E-state index contributed by atoms with van der Waals surface area (Å²) in [5.74, 6) is -0.834. The quantitative estimate of drug-likeness (QED) is 0.616. The highest BCUT2D eigenvalue weighted by molar-refractivity contribution is 7.91. The topological polar surface area (TPSA) is 104 Å². The Bertz CT molecular complexity index is 496. The molecule has 0 atom stereocenters. The molecule has 1 aromatic carbocycles. The third-order valence-corrected chi connectivity index (χ3v) is 4.24. The van der Waals surface area contributed by atoms with Crippen LogP contribution in [0.2, 0.25) is 0 Å². The van der Waals surface area contributed by atoms with Crippen molar-refractivity contribution in [2.75, 3.05) is 19.0 Å². The van der Waals surface area contributed by atoms with Crippen LogP contribution in [-0.2, 0) is 14.6 Å². The molecule has 0 aliphatic carbocycles. The number of sulfone groups is 1. The van der Waals surface area contributed by atoms with Crippen LogP contribution >= 0.6 is 0 Å². The monoisotopic (exact) mass is 287 g/mol. The van der Waals surface area contributed by atoms with E-state index in [0.717, 1.165) is 0 Å². The molecule has 106 valence electrons. The van der Waals surface area contributed by atoms with Gasteiger partial charge in [-0.3, -0.25) is 4.79 Å². The third kappa shape index (κ3) is 4.98. The molecule has 0 unspecified atom stereocenters. The number of amides is 1. The fourth-order valence-electron chi connectivity index (χ4n) is 1.42. The van der Waals surface area contributed by atoms with Gasteiger partial charge in [0.05, 0.1) is 29.9 Å². The number of benzene rings is 1. The fraction of sp³-hybridized carbons (Fsp3) is 0.417. The summed E-state index contributed by atoms with van der Waals surface area (Å²) in [6.45, 7) is -0.790. The molecule has 0 spiro atoms. The molecule has 0 fully saturated rings. The van der Waals surface area contributed by atoms with Gasteiger partial charge in [0, 0.05) is 6.42 Å². The van der Waals surface area contributed by atoms with Gasteiger partial charge in [-0.25, -0.2) is 8.42 Å². The van der Waals surface area contributed by atoms with Gasteiger partial charge in [0.25, 0.3) is 0 Å². The maximum atomic E-state index is 11.9. The van der Waals surface area contributed by atoms with Gasteiger partial charge < -0.3 is 15.5 Å². The lowest BCUT2D eigenvalue weighted by Crippen LogP contribution is -2.40. The van der Waals surface area contributed by atoms with Crippen molar-refractivity contribution in [3.63, 3.8) is 0 Å². The third-order valence-electron chi connectivity index (χ3n) is 2.51. The molecule has 3 N–H and O–H groups in total. The summed E-state index contributed by atoms with van der Waals surface area (Å²) in [5, 5.41) is 19.9. The van der Waals surface area contributed by atoms with E-state index in [2.05, 4.69) is 5.32 Å². The highest BCUT2D eigenvalue weighted by Crippen LogP contribution is 2.10. The van der Waals surface area contributed by atoms with E-state index in [1.165, 1.54) is 12.1 Å². The lowest BCUT2D eigenvalue weighted by atomic mass is 10.3. The predicted octanol–water partition coefficient (Wildman–Crippen LogP) is -0.680. The zero-order valence-corrected chi connectivity index (χ0v) is 11.1. The van der Waals surface area contributed by atoms with Gasteiger partial charge in [-0.05, 0) is 12.1 Å². The van der Waals surface area contributed by atoms with Crippen LogP contribution in [0.5, 0.6) is 0 Å². The molecular formula is C12H17NO5S. The molecule has 0 aliphatic heterocycles. The molecular weight excluding hydrogens is 270 g/mol. The smallest absolute Gasteiger partial charge is 0.221 e. The second-order valence-corrected chi connectivity index (χ2v) is 6.12. The van der Waals surface area contributed by atoms with Crippen molar-refractivity contribution >= 4 is 15.7 Å².